The molecule has 1 unspecified atom stereocenters. The van der Waals surface area contributed by atoms with Crippen molar-refractivity contribution in [1.29, 1.82) is 0 Å². The first-order chi connectivity index (χ1) is 31.9. The second-order valence-corrected chi connectivity index (χ2v) is 14.3. The first-order valence-electron chi connectivity index (χ1n) is 21.5. The summed E-state index contributed by atoms with van der Waals surface area (Å²) in [5.74, 6) is -3.31. The van der Waals surface area contributed by atoms with Crippen LogP contribution in [0, 0.1) is 0 Å². The summed E-state index contributed by atoms with van der Waals surface area (Å²) in [6, 6.07) is 5.68. The van der Waals surface area contributed by atoms with E-state index in [1.165, 1.54) is 57.3 Å². The van der Waals surface area contributed by atoms with E-state index in [1.54, 1.807) is 26.3 Å². The lowest BCUT2D eigenvalue weighted by atomic mass is 10.1. The Bertz CT molecular complexity index is 2250. The third kappa shape index (κ3) is 18.7. The molecule has 0 aromatic carbocycles. The number of primary amides is 1. The van der Waals surface area contributed by atoms with Gasteiger partial charge in [0, 0.05) is 26.2 Å². The highest BCUT2D eigenvalue weighted by molar-refractivity contribution is 5.96. The van der Waals surface area contributed by atoms with Gasteiger partial charge >= 0.3 is 16.7 Å². The highest BCUT2D eigenvalue weighted by Crippen LogP contribution is 2.17. The van der Waals surface area contributed by atoms with Crippen LogP contribution in [0.5, 0.6) is 17.2 Å². The van der Waals surface area contributed by atoms with Gasteiger partial charge in [0.05, 0.1) is 34.2 Å². The Labute approximate surface area is 390 Å². The molecule has 0 aliphatic heterocycles. The van der Waals surface area contributed by atoms with Crippen LogP contribution < -0.4 is 47.3 Å². The molecule has 22 nitrogen and oxygen atoms in total. The Morgan fingerprint density at radius 3 is 1.52 bits per heavy atom. The van der Waals surface area contributed by atoms with Gasteiger partial charge in [0.25, 0.3) is 17.7 Å². The number of nitrogens with two attached hydrogens (primary N) is 1. The molecule has 1 atom stereocenters. The molecule has 0 fully saturated rings. The Kier molecular flexibility index (Phi) is 28.9. The number of ether oxygens (including phenoxy) is 4. The largest absolute Gasteiger partial charge is 0.501 e. The van der Waals surface area contributed by atoms with Crippen molar-refractivity contribution >= 4 is 23.6 Å². The van der Waals surface area contributed by atoms with E-state index in [0.29, 0.717) is 13.0 Å². The summed E-state index contributed by atoms with van der Waals surface area (Å²) in [7, 11) is 6.98. The van der Waals surface area contributed by atoms with Crippen molar-refractivity contribution in [2.75, 3.05) is 68.2 Å². The Morgan fingerprint density at radius 2 is 1.12 bits per heavy atom. The van der Waals surface area contributed by atoms with Crippen LogP contribution >= 0.6 is 0 Å². The third-order valence-electron chi connectivity index (χ3n) is 8.95. The van der Waals surface area contributed by atoms with Crippen molar-refractivity contribution in [3.63, 3.8) is 0 Å². The molecule has 0 aliphatic carbocycles. The molecular weight excluding hydrogens is 877 g/mol. The van der Waals surface area contributed by atoms with Gasteiger partial charge in [-0.2, -0.15) is 0 Å². The fourth-order valence-corrected chi connectivity index (χ4v) is 5.67. The van der Waals surface area contributed by atoms with Gasteiger partial charge in [0.15, 0.2) is 17.2 Å². The second kappa shape index (κ2) is 32.4. The molecule has 7 N–H and O–H groups in total. The number of amides is 4. The van der Waals surface area contributed by atoms with Crippen LogP contribution in [0.25, 0.3) is 0 Å². The zero-order chi connectivity index (χ0) is 51.2. The molecule has 374 valence electrons. The van der Waals surface area contributed by atoms with E-state index in [9.17, 15) is 49.2 Å². The second-order valence-electron chi connectivity index (χ2n) is 14.3. The summed E-state index contributed by atoms with van der Waals surface area (Å²) < 4.78 is 19.8. The lowest BCUT2D eigenvalue weighted by molar-refractivity contribution is -0.122. The highest BCUT2D eigenvalue weighted by Gasteiger charge is 2.32. The van der Waals surface area contributed by atoms with Crippen molar-refractivity contribution in [3.05, 3.63) is 109 Å². The van der Waals surface area contributed by atoms with E-state index in [2.05, 4.69) is 44.9 Å². The Balaban J connectivity index is 0.00000295. The molecule has 3 aromatic rings. The predicted molar refractivity (Wildman–Crippen MR) is 251 cm³/mol. The van der Waals surface area contributed by atoms with Crippen LogP contribution in [0.2, 0.25) is 0 Å². The molecule has 0 radical (unpaired) electrons. The smallest absolute Gasteiger partial charge is 0.325 e. The highest BCUT2D eigenvalue weighted by atomic mass is 16.5. The molecule has 3 rings (SSSR count). The van der Waals surface area contributed by atoms with Crippen molar-refractivity contribution in [1.82, 2.24) is 34.6 Å². The first-order valence-corrected chi connectivity index (χ1v) is 21.5. The number of allylic oxidation sites excluding steroid dienone is 3. The first kappa shape index (κ1) is 59.8. The molecule has 3 heterocycles. The van der Waals surface area contributed by atoms with E-state index in [0.717, 1.165) is 28.9 Å². The van der Waals surface area contributed by atoms with Gasteiger partial charge in [0.1, 0.15) is 23.1 Å². The SMILES string of the molecule is C=C/C=C(\C)OC.CCC.CCC.CNCCCN(CCCC(C(N)=O)N(CCCNC(=O)c1ccc(OC)c(=O)n1O)C(=O)c1ccc(OC)c(=O)n1O)C(=O)c1ccc(OC)c(=O)n1O. The van der Waals surface area contributed by atoms with Crippen molar-refractivity contribution in [3.8, 4) is 17.2 Å². The molecule has 0 saturated carbocycles. The van der Waals surface area contributed by atoms with Crippen LogP contribution in [0.1, 0.15) is 105 Å². The molecule has 3 aromatic heterocycles. The van der Waals surface area contributed by atoms with E-state index < -0.39 is 57.7 Å². The zero-order valence-electron chi connectivity index (χ0n) is 40.3. The van der Waals surface area contributed by atoms with Gasteiger partial charge in [-0.25, -0.2) is 0 Å². The lowest BCUT2D eigenvalue weighted by Crippen LogP contribution is -2.50. The van der Waals surface area contributed by atoms with E-state index in [1.807, 2.05) is 6.92 Å². The summed E-state index contributed by atoms with van der Waals surface area (Å²) in [4.78, 5) is 92.6. The maximum atomic E-state index is 13.9. The van der Waals surface area contributed by atoms with E-state index >= 15 is 0 Å². The minimum atomic E-state index is -1.37. The number of carbonyl (C=O) groups is 4. The quantitative estimate of drug-likeness (QED) is 0.0365. The molecule has 22 heteroatoms. The molecule has 0 saturated heterocycles. The molecule has 0 aliphatic rings. The van der Waals surface area contributed by atoms with E-state index in [4.69, 9.17) is 24.7 Å². The molecule has 67 heavy (non-hydrogen) atoms. The predicted octanol–water partition coefficient (Wildman–Crippen LogP) is 3.11. The third-order valence-corrected chi connectivity index (χ3v) is 8.95. The molecular formula is C45H70N8O14. The van der Waals surface area contributed by atoms with Crippen molar-refractivity contribution in [2.24, 2.45) is 5.73 Å². The number of nitrogens with zero attached hydrogens (tertiary/aromatic N) is 5. The van der Waals surface area contributed by atoms with Gasteiger partial charge in [-0.1, -0.05) is 53.2 Å². The van der Waals surface area contributed by atoms with Crippen LogP contribution in [-0.4, -0.2) is 137 Å². The summed E-state index contributed by atoms with van der Waals surface area (Å²) in [6.45, 7) is 14.1. The van der Waals surface area contributed by atoms with Gasteiger partial charge < -0.3 is 60.7 Å². The lowest BCUT2D eigenvalue weighted by Gasteiger charge is -2.31. The van der Waals surface area contributed by atoms with Gasteiger partial charge in [-0.05, 0) is 88.7 Å². The monoisotopic (exact) mass is 947 g/mol. The summed E-state index contributed by atoms with van der Waals surface area (Å²) in [5.41, 5.74) is 1.51. The van der Waals surface area contributed by atoms with Crippen molar-refractivity contribution in [2.45, 2.75) is 79.2 Å². The number of rotatable bonds is 22. The van der Waals surface area contributed by atoms with Crippen LogP contribution in [0.15, 0.2) is 75.3 Å². The van der Waals surface area contributed by atoms with Crippen molar-refractivity contribution < 1.29 is 53.7 Å². The number of aromatic nitrogens is 3. The number of methoxy groups -OCH3 is 4. The number of nitrogens with one attached hydrogen (secondary N) is 2. The zero-order valence-corrected chi connectivity index (χ0v) is 40.3. The summed E-state index contributed by atoms with van der Waals surface area (Å²) in [6.07, 6.45) is 6.37. The number of hydrogen-bond donors (Lipinski definition) is 6. The Morgan fingerprint density at radius 1 is 0.701 bits per heavy atom. The average Bonchev–Trinajstić information content (AvgIpc) is 3.30. The number of carbonyl (C=O) groups excluding carboxylic acids is 4. The standard InChI is InChI=1S/C33H44N8O13.C6H10O.2C3H8/c1-35-15-6-18-37(29(44)22-10-13-25(53-3)32(47)40(22)50)17-5-8-20(27(34)42)38(30(45)23-11-14-26(54-4)33(48)41(23)51)19-7-16-36-28(43)21-9-12-24(52-2)31(46)39(21)49;1-4-5-6(2)7-3;2*1-3-2/h9-14,20,35,49-51H,5-8,15-19H2,1-4H3,(H2,34,42)(H,36,43);4-5H,1H2,2-3H3;2*3H2,1-2H3/b;6-5+;;. The fourth-order valence-electron chi connectivity index (χ4n) is 5.67. The maximum absolute atomic E-state index is 13.9. The minimum absolute atomic E-state index is 0.0252. The normalized spacial score (nSPS) is 10.8. The van der Waals surface area contributed by atoms with Gasteiger partial charge in [0.2, 0.25) is 5.91 Å². The summed E-state index contributed by atoms with van der Waals surface area (Å²) >= 11 is 0. The fraction of sp³-hybridized carbons (Fsp3) is 0.489. The number of hydrogen-bond acceptors (Lipinski definition) is 15. The summed E-state index contributed by atoms with van der Waals surface area (Å²) in [5, 5.41) is 36.5. The topological polar surface area (TPSA) is 288 Å². The van der Waals surface area contributed by atoms with Gasteiger partial charge in [-0.3, -0.25) is 33.6 Å². The average molecular weight is 947 g/mol. The minimum Gasteiger partial charge on any atom is -0.501 e. The van der Waals surface area contributed by atoms with Crippen LogP contribution in [0.4, 0.5) is 0 Å². The Hall–Kier alpha value is -7.23. The van der Waals surface area contributed by atoms with E-state index in [-0.39, 0.29) is 82.6 Å². The molecule has 0 bridgehead atoms. The molecule has 4 amide bonds. The molecule has 0 spiro atoms. The van der Waals surface area contributed by atoms with Crippen LogP contribution in [-0.2, 0) is 9.53 Å². The van der Waals surface area contributed by atoms with Gasteiger partial charge in [-0.15, -0.1) is 14.2 Å². The maximum Gasteiger partial charge on any atom is 0.325 e. The van der Waals surface area contributed by atoms with Crippen LogP contribution in [0.3, 0.4) is 0 Å². The number of pyridine rings is 3.